The van der Waals surface area contributed by atoms with Gasteiger partial charge < -0.3 is 11.1 Å². The molecule has 3 rings (SSSR count). The molecule has 2 fully saturated rings. The minimum Gasteiger partial charge on any atom is -0.327 e. The topological polar surface area (TPSA) is 38.0 Å². The van der Waals surface area contributed by atoms with E-state index in [0.29, 0.717) is 18.0 Å². The summed E-state index contributed by atoms with van der Waals surface area (Å²) in [5.74, 6) is 1.42. The second kappa shape index (κ2) is 3.06. The first-order chi connectivity index (χ1) is 7.16. The van der Waals surface area contributed by atoms with Crippen molar-refractivity contribution in [3.63, 3.8) is 0 Å². The Bertz CT molecular complexity index is 379. The second-order valence-electron chi connectivity index (χ2n) is 5.13. The molecule has 15 heavy (non-hydrogen) atoms. The van der Waals surface area contributed by atoms with Gasteiger partial charge in [0.25, 0.3) is 0 Å². The molecule has 80 valence electrons. The molecule has 1 heterocycles. The molecule has 2 nitrogen and oxygen atoms in total. The minimum atomic E-state index is 0.442. The summed E-state index contributed by atoms with van der Waals surface area (Å²) in [5.41, 5.74) is 10.2. The molecule has 2 aliphatic rings. The second-order valence-corrected chi connectivity index (χ2v) is 5.13. The first-order valence-electron chi connectivity index (χ1n) is 5.74. The zero-order chi connectivity index (χ0) is 10.6. The number of benzene rings is 1. The van der Waals surface area contributed by atoms with E-state index in [0.717, 1.165) is 12.5 Å². The van der Waals surface area contributed by atoms with Crippen molar-refractivity contribution in [1.29, 1.82) is 0 Å². The van der Waals surface area contributed by atoms with Crippen LogP contribution >= 0.6 is 0 Å². The summed E-state index contributed by atoms with van der Waals surface area (Å²) >= 11 is 0. The van der Waals surface area contributed by atoms with E-state index in [1.54, 1.807) is 0 Å². The predicted octanol–water partition coefficient (Wildman–Crippen LogP) is 1.52. The first-order valence-corrected chi connectivity index (χ1v) is 5.74. The number of hydrogen-bond donors (Lipinski definition) is 2. The van der Waals surface area contributed by atoms with Gasteiger partial charge in [-0.3, -0.25) is 0 Å². The van der Waals surface area contributed by atoms with Gasteiger partial charge in [-0.25, -0.2) is 0 Å². The highest BCUT2D eigenvalue weighted by Gasteiger charge is 2.56. The van der Waals surface area contributed by atoms with Gasteiger partial charge in [0.1, 0.15) is 0 Å². The van der Waals surface area contributed by atoms with Crippen LogP contribution in [0.2, 0.25) is 0 Å². The standard InChI is InChI=1S/C13H18N2/c1-7-3-8(2)5-9(4-7)13-11-10(6-15-13)12(11)14/h3-5,10-13,15H,6,14H2,1-2H3. The minimum absolute atomic E-state index is 0.442. The zero-order valence-electron chi connectivity index (χ0n) is 9.33. The summed E-state index contributed by atoms with van der Waals surface area (Å²) in [6.45, 7) is 5.43. The molecule has 1 saturated heterocycles. The van der Waals surface area contributed by atoms with Gasteiger partial charge in [0, 0.05) is 18.6 Å². The SMILES string of the molecule is Cc1cc(C)cc(C2NCC3C(N)C23)c1. The molecule has 1 aromatic carbocycles. The van der Waals surface area contributed by atoms with Crippen molar-refractivity contribution >= 4 is 0 Å². The molecule has 3 N–H and O–H groups in total. The van der Waals surface area contributed by atoms with E-state index >= 15 is 0 Å². The average molecular weight is 202 g/mol. The maximum atomic E-state index is 6.04. The monoisotopic (exact) mass is 202 g/mol. The normalized spacial score (nSPS) is 37.8. The quantitative estimate of drug-likeness (QED) is 0.724. The van der Waals surface area contributed by atoms with E-state index in [9.17, 15) is 0 Å². The van der Waals surface area contributed by atoms with Gasteiger partial charge in [0.15, 0.2) is 0 Å². The van der Waals surface area contributed by atoms with E-state index in [1.165, 1.54) is 16.7 Å². The third-order valence-electron chi connectivity index (χ3n) is 3.85. The summed E-state index contributed by atoms with van der Waals surface area (Å²) in [5, 5.41) is 3.58. The zero-order valence-corrected chi connectivity index (χ0v) is 9.33. The molecule has 4 atom stereocenters. The van der Waals surface area contributed by atoms with Crippen molar-refractivity contribution in [2.75, 3.05) is 6.54 Å². The van der Waals surface area contributed by atoms with Crippen LogP contribution in [0, 0.1) is 25.7 Å². The molecular weight excluding hydrogens is 184 g/mol. The Hall–Kier alpha value is -0.860. The van der Waals surface area contributed by atoms with Crippen LogP contribution in [0.4, 0.5) is 0 Å². The summed E-state index contributed by atoms with van der Waals surface area (Å²) in [6, 6.07) is 7.75. The Balaban J connectivity index is 1.93. The molecule has 0 aromatic heterocycles. The number of fused-ring (bicyclic) bond motifs is 1. The molecule has 1 aliphatic carbocycles. The third-order valence-corrected chi connectivity index (χ3v) is 3.85. The van der Waals surface area contributed by atoms with Gasteiger partial charge in [-0.1, -0.05) is 29.3 Å². The van der Waals surface area contributed by atoms with Crippen LogP contribution < -0.4 is 11.1 Å². The van der Waals surface area contributed by atoms with Crippen molar-refractivity contribution in [3.8, 4) is 0 Å². The summed E-state index contributed by atoms with van der Waals surface area (Å²) in [6.07, 6.45) is 0. The van der Waals surface area contributed by atoms with Gasteiger partial charge in [0.2, 0.25) is 0 Å². The Labute approximate surface area is 90.9 Å². The van der Waals surface area contributed by atoms with Crippen LogP contribution in [0.3, 0.4) is 0 Å². The lowest BCUT2D eigenvalue weighted by atomic mass is 9.99. The molecule has 0 radical (unpaired) electrons. The van der Waals surface area contributed by atoms with Gasteiger partial charge >= 0.3 is 0 Å². The summed E-state index contributed by atoms with van der Waals surface area (Å²) < 4.78 is 0. The van der Waals surface area contributed by atoms with Gasteiger partial charge in [0.05, 0.1) is 0 Å². The maximum Gasteiger partial charge on any atom is 0.0367 e. The molecular formula is C13H18N2. The van der Waals surface area contributed by atoms with Crippen LogP contribution in [-0.4, -0.2) is 12.6 Å². The third kappa shape index (κ3) is 1.40. The Morgan fingerprint density at radius 3 is 2.40 bits per heavy atom. The number of piperidine rings is 1. The number of nitrogens with two attached hydrogens (primary N) is 1. The average Bonchev–Trinajstić information content (AvgIpc) is 2.62. The van der Waals surface area contributed by atoms with Crippen molar-refractivity contribution < 1.29 is 0 Å². The fourth-order valence-electron chi connectivity index (χ4n) is 3.10. The summed E-state index contributed by atoms with van der Waals surface area (Å²) in [4.78, 5) is 0. The number of hydrogen-bond acceptors (Lipinski definition) is 2. The van der Waals surface area contributed by atoms with E-state index in [2.05, 4.69) is 37.4 Å². The molecule has 4 unspecified atom stereocenters. The largest absolute Gasteiger partial charge is 0.327 e. The van der Waals surface area contributed by atoms with Crippen molar-refractivity contribution in [2.24, 2.45) is 17.6 Å². The molecule has 1 aromatic rings. The van der Waals surface area contributed by atoms with Crippen molar-refractivity contribution in [2.45, 2.75) is 25.9 Å². The molecule has 0 spiro atoms. The Morgan fingerprint density at radius 1 is 1.20 bits per heavy atom. The smallest absolute Gasteiger partial charge is 0.0367 e. The number of aryl methyl sites for hydroxylation is 2. The van der Waals surface area contributed by atoms with Gasteiger partial charge in [-0.2, -0.15) is 0 Å². The number of rotatable bonds is 1. The fourth-order valence-corrected chi connectivity index (χ4v) is 3.10. The van der Waals surface area contributed by atoms with Crippen LogP contribution in [0.1, 0.15) is 22.7 Å². The molecule has 2 heteroatoms. The highest BCUT2D eigenvalue weighted by Crippen LogP contribution is 2.50. The molecule has 0 amide bonds. The Kier molecular flexibility index (Phi) is 1.91. The Morgan fingerprint density at radius 2 is 1.87 bits per heavy atom. The molecule has 1 aliphatic heterocycles. The van der Waals surface area contributed by atoms with E-state index in [1.807, 2.05) is 0 Å². The van der Waals surface area contributed by atoms with Crippen LogP contribution in [0.25, 0.3) is 0 Å². The molecule has 1 saturated carbocycles. The lowest BCUT2D eigenvalue weighted by molar-refractivity contribution is 0.536. The van der Waals surface area contributed by atoms with Crippen molar-refractivity contribution in [1.82, 2.24) is 5.32 Å². The number of nitrogens with one attached hydrogen (secondary N) is 1. The lowest BCUT2D eigenvalue weighted by Gasteiger charge is -2.16. The van der Waals surface area contributed by atoms with Crippen LogP contribution in [-0.2, 0) is 0 Å². The highest BCUT2D eigenvalue weighted by atomic mass is 15.1. The van der Waals surface area contributed by atoms with Crippen LogP contribution in [0.15, 0.2) is 18.2 Å². The first kappa shape index (κ1) is 9.37. The van der Waals surface area contributed by atoms with E-state index in [4.69, 9.17) is 5.73 Å². The predicted molar refractivity (Wildman–Crippen MR) is 61.6 cm³/mol. The molecule has 0 bridgehead atoms. The fraction of sp³-hybridized carbons (Fsp3) is 0.538. The van der Waals surface area contributed by atoms with E-state index in [-0.39, 0.29) is 0 Å². The van der Waals surface area contributed by atoms with Crippen LogP contribution in [0.5, 0.6) is 0 Å². The van der Waals surface area contributed by atoms with Gasteiger partial charge in [-0.05, 0) is 31.2 Å². The van der Waals surface area contributed by atoms with Gasteiger partial charge in [-0.15, -0.1) is 0 Å². The van der Waals surface area contributed by atoms with E-state index < -0.39 is 0 Å². The lowest BCUT2D eigenvalue weighted by Crippen LogP contribution is -2.25. The highest BCUT2D eigenvalue weighted by molar-refractivity contribution is 5.34. The maximum absolute atomic E-state index is 6.04. The summed E-state index contributed by atoms with van der Waals surface area (Å²) in [7, 11) is 0. The van der Waals surface area contributed by atoms with Crippen molar-refractivity contribution in [3.05, 3.63) is 34.9 Å².